The van der Waals surface area contributed by atoms with Crippen molar-refractivity contribution in [1.29, 1.82) is 0 Å². The van der Waals surface area contributed by atoms with E-state index in [9.17, 15) is 19.8 Å². The van der Waals surface area contributed by atoms with E-state index in [1.165, 1.54) is 0 Å². The van der Waals surface area contributed by atoms with Crippen LogP contribution in [-0.2, 0) is 37.0 Å². The number of carbonyl (C=O) groups is 2. The summed E-state index contributed by atoms with van der Waals surface area (Å²) < 4.78 is 23.7. The first-order valence-corrected chi connectivity index (χ1v) is 13.3. The summed E-state index contributed by atoms with van der Waals surface area (Å²) >= 11 is 0. The average molecular weight is 549 g/mol. The highest BCUT2D eigenvalue weighted by Crippen LogP contribution is 2.33. The second-order valence-electron chi connectivity index (χ2n) is 10.9. The van der Waals surface area contributed by atoms with E-state index in [0.29, 0.717) is 0 Å². The minimum atomic E-state index is -1.55. The van der Waals surface area contributed by atoms with Gasteiger partial charge in [-0.2, -0.15) is 0 Å². The minimum absolute atomic E-state index is 0.0759. The van der Waals surface area contributed by atoms with Gasteiger partial charge in [-0.25, -0.2) is 4.79 Å². The molecular formula is C32H36O8. The summed E-state index contributed by atoms with van der Waals surface area (Å²) in [6, 6.07) is 26.9. The van der Waals surface area contributed by atoms with Gasteiger partial charge in [0.15, 0.2) is 12.2 Å². The second kappa shape index (κ2) is 13.2. The molecule has 1 aliphatic rings. The van der Waals surface area contributed by atoms with Crippen molar-refractivity contribution in [2.24, 2.45) is 5.41 Å². The first-order chi connectivity index (χ1) is 19.1. The number of carbonyl (C=O) groups excluding carboxylic acids is 2. The van der Waals surface area contributed by atoms with E-state index >= 15 is 0 Å². The van der Waals surface area contributed by atoms with Crippen LogP contribution in [0.15, 0.2) is 91.0 Å². The van der Waals surface area contributed by atoms with E-state index in [0.717, 1.165) is 11.1 Å². The van der Waals surface area contributed by atoms with E-state index in [4.69, 9.17) is 18.9 Å². The number of hydrogen-bond acceptors (Lipinski definition) is 8. The van der Waals surface area contributed by atoms with Gasteiger partial charge < -0.3 is 29.2 Å². The molecule has 4 rings (SSSR count). The molecule has 2 N–H and O–H groups in total. The Labute approximate surface area is 234 Å². The third-order valence-corrected chi connectivity index (χ3v) is 6.67. The molecular weight excluding hydrogens is 512 g/mol. The van der Waals surface area contributed by atoms with Crippen molar-refractivity contribution < 1.29 is 38.7 Å². The number of hydrogen-bond donors (Lipinski definition) is 2. The first kappa shape index (κ1) is 29.4. The van der Waals surface area contributed by atoms with Crippen molar-refractivity contribution in [3.63, 3.8) is 0 Å². The zero-order valence-corrected chi connectivity index (χ0v) is 22.9. The lowest BCUT2D eigenvalue weighted by Gasteiger charge is -2.46. The SMILES string of the molecule is CC(C)(C)C(=O)O[C@@H]1[C@H](O)[C@H](OC(=O)c2ccccc2)[C@@H](OCc2ccccc2)[C@H](O)[C@H]1OCc1ccccc1. The largest absolute Gasteiger partial charge is 0.456 e. The lowest BCUT2D eigenvalue weighted by Crippen LogP contribution is -2.67. The normalized spacial score (nSPS) is 24.7. The number of benzene rings is 3. The Hall–Kier alpha value is -3.56. The highest BCUT2D eigenvalue weighted by atomic mass is 16.6. The van der Waals surface area contributed by atoms with Gasteiger partial charge in [0, 0.05) is 0 Å². The number of ether oxygens (including phenoxy) is 4. The van der Waals surface area contributed by atoms with Gasteiger partial charge in [-0.3, -0.25) is 4.79 Å². The summed E-state index contributed by atoms with van der Waals surface area (Å²) in [5, 5.41) is 23.2. The fraction of sp³-hybridized carbons (Fsp3) is 0.375. The van der Waals surface area contributed by atoms with Crippen LogP contribution in [-0.4, -0.2) is 58.8 Å². The topological polar surface area (TPSA) is 112 Å². The Morgan fingerprint density at radius 3 is 1.48 bits per heavy atom. The molecule has 40 heavy (non-hydrogen) atoms. The van der Waals surface area contributed by atoms with Crippen LogP contribution in [0.3, 0.4) is 0 Å². The standard InChI is InChI=1S/C32H36O8/c1-32(2,3)31(36)40-29-25(34)28(39-30(35)23-17-11-6-12-18-23)26(37-19-21-13-7-4-8-14-21)24(33)27(29)38-20-22-15-9-5-10-16-22/h4-18,24-29,33-34H,19-20H2,1-3H3/t24-,25+,26-,27+,28-,29+/m0/s1. The highest BCUT2D eigenvalue weighted by molar-refractivity contribution is 5.89. The molecule has 0 radical (unpaired) electrons. The van der Waals surface area contributed by atoms with Crippen molar-refractivity contribution in [1.82, 2.24) is 0 Å². The van der Waals surface area contributed by atoms with Crippen molar-refractivity contribution in [2.45, 2.75) is 70.6 Å². The zero-order valence-electron chi connectivity index (χ0n) is 22.9. The predicted octanol–water partition coefficient (Wildman–Crippen LogP) is 4.08. The van der Waals surface area contributed by atoms with E-state index in [1.807, 2.05) is 60.7 Å². The van der Waals surface area contributed by atoms with Crippen LogP contribution in [0, 0.1) is 5.41 Å². The molecule has 1 aliphatic carbocycles. The fourth-order valence-corrected chi connectivity index (χ4v) is 4.41. The summed E-state index contributed by atoms with van der Waals surface area (Å²) in [4.78, 5) is 26.0. The van der Waals surface area contributed by atoms with Crippen LogP contribution < -0.4 is 0 Å². The summed E-state index contributed by atoms with van der Waals surface area (Å²) in [5.41, 5.74) is 1.01. The second-order valence-corrected chi connectivity index (χ2v) is 10.9. The van der Waals surface area contributed by atoms with Crippen LogP contribution in [0.1, 0.15) is 42.3 Å². The Kier molecular flexibility index (Phi) is 9.71. The lowest BCUT2D eigenvalue weighted by atomic mass is 9.83. The van der Waals surface area contributed by atoms with E-state index in [1.54, 1.807) is 51.1 Å². The van der Waals surface area contributed by atoms with E-state index < -0.39 is 54.0 Å². The van der Waals surface area contributed by atoms with Crippen LogP contribution in [0.2, 0.25) is 0 Å². The molecule has 1 fully saturated rings. The average Bonchev–Trinajstić information content (AvgIpc) is 2.96. The molecule has 0 saturated heterocycles. The third kappa shape index (κ3) is 7.34. The lowest BCUT2D eigenvalue weighted by molar-refractivity contribution is -0.258. The van der Waals surface area contributed by atoms with Gasteiger partial charge in [-0.15, -0.1) is 0 Å². The molecule has 8 heteroatoms. The maximum Gasteiger partial charge on any atom is 0.338 e. The zero-order chi connectivity index (χ0) is 28.7. The van der Waals surface area contributed by atoms with Crippen molar-refractivity contribution in [3.05, 3.63) is 108 Å². The Morgan fingerprint density at radius 2 is 1.02 bits per heavy atom. The minimum Gasteiger partial charge on any atom is -0.456 e. The molecule has 0 amide bonds. The number of esters is 2. The van der Waals surface area contributed by atoms with Gasteiger partial charge >= 0.3 is 11.9 Å². The Balaban J connectivity index is 1.65. The van der Waals surface area contributed by atoms with E-state index in [2.05, 4.69) is 0 Å². The molecule has 212 valence electrons. The Morgan fingerprint density at radius 1 is 0.625 bits per heavy atom. The van der Waals surface area contributed by atoms with Crippen molar-refractivity contribution >= 4 is 11.9 Å². The van der Waals surface area contributed by atoms with Gasteiger partial charge in [0.25, 0.3) is 0 Å². The number of aliphatic hydroxyl groups is 2. The maximum absolute atomic E-state index is 13.1. The highest BCUT2D eigenvalue weighted by Gasteiger charge is 2.55. The molecule has 0 aliphatic heterocycles. The molecule has 0 bridgehead atoms. The maximum atomic E-state index is 13.1. The summed E-state index contributed by atoms with van der Waals surface area (Å²) in [5.74, 6) is -1.32. The Bertz CT molecular complexity index is 1230. The monoisotopic (exact) mass is 548 g/mol. The number of rotatable bonds is 9. The molecule has 0 aromatic heterocycles. The van der Waals surface area contributed by atoms with Gasteiger partial charge in [0.1, 0.15) is 24.4 Å². The van der Waals surface area contributed by atoms with Gasteiger partial charge in [0.05, 0.1) is 24.2 Å². The summed E-state index contributed by atoms with van der Waals surface area (Å²) in [6.45, 7) is 5.20. The molecule has 3 aromatic rings. The van der Waals surface area contributed by atoms with Crippen LogP contribution in [0.4, 0.5) is 0 Å². The van der Waals surface area contributed by atoms with Gasteiger partial charge in [-0.1, -0.05) is 78.9 Å². The molecule has 6 atom stereocenters. The molecule has 0 heterocycles. The van der Waals surface area contributed by atoms with Crippen molar-refractivity contribution in [2.75, 3.05) is 0 Å². The van der Waals surface area contributed by atoms with Crippen molar-refractivity contribution in [3.8, 4) is 0 Å². The van der Waals surface area contributed by atoms with Crippen LogP contribution in [0.5, 0.6) is 0 Å². The van der Waals surface area contributed by atoms with E-state index in [-0.39, 0.29) is 18.8 Å². The quantitative estimate of drug-likeness (QED) is 0.385. The fourth-order valence-electron chi connectivity index (χ4n) is 4.41. The first-order valence-electron chi connectivity index (χ1n) is 13.3. The molecule has 0 unspecified atom stereocenters. The predicted molar refractivity (Wildman–Crippen MR) is 147 cm³/mol. The van der Waals surface area contributed by atoms with Crippen LogP contribution >= 0.6 is 0 Å². The molecule has 3 aromatic carbocycles. The third-order valence-electron chi connectivity index (χ3n) is 6.67. The molecule has 0 spiro atoms. The summed E-state index contributed by atoms with van der Waals surface area (Å²) in [6.07, 6.45) is -8.02. The molecule has 8 nitrogen and oxygen atoms in total. The van der Waals surface area contributed by atoms with Crippen LogP contribution in [0.25, 0.3) is 0 Å². The van der Waals surface area contributed by atoms with Gasteiger partial charge in [0.2, 0.25) is 0 Å². The van der Waals surface area contributed by atoms with Gasteiger partial charge in [-0.05, 0) is 44.0 Å². The smallest absolute Gasteiger partial charge is 0.338 e. The summed E-state index contributed by atoms with van der Waals surface area (Å²) in [7, 11) is 0. The molecule has 1 saturated carbocycles. The number of aliphatic hydroxyl groups excluding tert-OH is 2.